The summed E-state index contributed by atoms with van der Waals surface area (Å²) in [6.45, 7) is 4.68. The zero-order valence-corrected chi connectivity index (χ0v) is 11.9. The summed E-state index contributed by atoms with van der Waals surface area (Å²) < 4.78 is 1.66. The Morgan fingerprint density at radius 2 is 2.20 bits per heavy atom. The van der Waals surface area contributed by atoms with E-state index in [1.165, 1.54) is 10.4 Å². The van der Waals surface area contributed by atoms with Crippen molar-refractivity contribution < 1.29 is 9.90 Å². The van der Waals surface area contributed by atoms with Crippen molar-refractivity contribution in [3.05, 3.63) is 45.1 Å². The molecule has 0 bridgehead atoms. The summed E-state index contributed by atoms with van der Waals surface area (Å²) in [4.78, 5) is 13.7. The fourth-order valence-electron chi connectivity index (χ4n) is 2.19. The normalized spacial score (nSPS) is 11.1. The smallest absolute Gasteiger partial charge is 0.337 e. The molecular weight excluding hydrogens is 274 g/mol. The van der Waals surface area contributed by atoms with Crippen molar-refractivity contribution >= 4 is 28.3 Å². The van der Waals surface area contributed by atoms with Crippen LogP contribution < -0.4 is 0 Å². The van der Waals surface area contributed by atoms with Gasteiger partial charge in [-0.2, -0.15) is 0 Å². The van der Waals surface area contributed by atoms with Gasteiger partial charge in [0.1, 0.15) is 11.0 Å². The molecule has 0 amide bonds. The highest BCUT2D eigenvalue weighted by atomic mass is 32.1. The highest BCUT2D eigenvalue weighted by Gasteiger charge is 2.15. The number of hydrogen-bond donors (Lipinski definition) is 1. The molecule has 2 heterocycles. The first-order valence-corrected chi connectivity index (χ1v) is 6.99. The summed E-state index contributed by atoms with van der Waals surface area (Å²) in [7, 11) is 0. The van der Waals surface area contributed by atoms with Gasteiger partial charge in [-0.3, -0.25) is 0 Å². The highest BCUT2D eigenvalue weighted by molar-refractivity contribution is 7.12. The van der Waals surface area contributed by atoms with Crippen molar-refractivity contribution in [2.75, 3.05) is 0 Å². The highest BCUT2D eigenvalue weighted by Crippen LogP contribution is 2.23. The number of aryl methyl sites for hydroxylation is 2. The van der Waals surface area contributed by atoms with Gasteiger partial charge in [-0.1, -0.05) is 11.3 Å². The number of thiophene rings is 1. The van der Waals surface area contributed by atoms with Gasteiger partial charge in [0.2, 0.25) is 0 Å². The molecule has 0 aliphatic heterocycles. The number of carboxylic acids is 1. The second-order valence-electron chi connectivity index (χ2n) is 4.68. The van der Waals surface area contributed by atoms with Crippen LogP contribution in [0.2, 0.25) is 0 Å². The lowest BCUT2D eigenvalue weighted by Crippen LogP contribution is -2.05. The maximum absolute atomic E-state index is 11.3. The largest absolute Gasteiger partial charge is 0.478 e. The molecule has 0 aliphatic rings. The molecule has 1 N–H and O–H groups in total. The predicted octanol–water partition coefficient (Wildman–Crippen LogP) is 2.86. The van der Waals surface area contributed by atoms with E-state index in [9.17, 15) is 9.90 Å². The van der Waals surface area contributed by atoms with Gasteiger partial charge in [-0.25, -0.2) is 9.48 Å². The van der Waals surface area contributed by atoms with Gasteiger partial charge in [0.25, 0.3) is 0 Å². The average Bonchev–Trinajstić information content (AvgIpc) is 2.94. The molecule has 0 fully saturated rings. The third kappa shape index (κ3) is 2.08. The lowest BCUT2D eigenvalue weighted by molar-refractivity contribution is 0.0698. The molecule has 20 heavy (non-hydrogen) atoms. The molecule has 0 spiro atoms. The Labute approximate surface area is 119 Å². The van der Waals surface area contributed by atoms with E-state index in [4.69, 9.17) is 0 Å². The molecule has 2 aromatic heterocycles. The van der Waals surface area contributed by atoms with E-state index in [0.717, 1.165) is 4.88 Å². The zero-order chi connectivity index (χ0) is 14.3. The van der Waals surface area contributed by atoms with Crippen LogP contribution in [0.3, 0.4) is 0 Å². The number of nitrogens with zero attached hydrogens (tertiary/aromatic N) is 3. The summed E-state index contributed by atoms with van der Waals surface area (Å²) in [5, 5.41) is 17.4. The lowest BCUT2D eigenvalue weighted by Gasteiger charge is -2.02. The predicted molar refractivity (Wildman–Crippen MR) is 77.4 cm³/mol. The maximum atomic E-state index is 11.3. The quantitative estimate of drug-likeness (QED) is 0.804. The topological polar surface area (TPSA) is 68.0 Å². The summed E-state index contributed by atoms with van der Waals surface area (Å²) in [5.41, 5.74) is 2.66. The van der Waals surface area contributed by atoms with Crippen molar-refractivity contribution in [2.45, 2.75) is 20.4 Å². The Balaban J connectivity index is 2.10. The number of aromatic carboxylic acids is 1. The summed E-state index contributed by atoms with van der Waals surface area (Å²) in [5.74, 6) is -0.960. The minimum atomic E-state index is -0.960. The van der Waals surface area contributed by atoms with Gasteiger partial charge in [-0.05, 0) is 37.6 Å². The number of para-hydroxylation sites is 1. The summed E-state index contributed by atoms with van der Waals surface area (Å²) in [6, 6.07) is 7.15. The molecule has 0 unspecified atom stereocenters. The van der Waals surface area contributed by atoms with Crippen molar-refractivity contribution in [1.29, 1.82) is 0 Å². The fraction of sp³-hybridized carbons (Fsp3) is 0.214. The van der Waals surface area contributed by atoms with Crippen LogP contribution in [-0.4, -0.2) is 26.1 Å². The first-order chi connectivity index (χ1) is 9.56. The number of fused-ring (bicyclic) bond motifs is 1. The molecule has 0 aliphatic carbocycles. The Hall–Kier alpha value is -2.21. The van der Waals surface area contributed by atoms with Crippen LogP contribution in [0.5, 0.6) is 0 Å². The zero-order valence-electron chi connectivity index (χ0n) is 11.1. The van der Waals surface area contributed by atoms with Crippen molar-refractivity contribution in [3.63, 3.8) is 0 Å². The van der Waals surface area contributed by atoms with E-state index in [1.54, 1.807) is 34.2 Å². The number of hydrogen-bond acceptors (Lipinski definition) is 4. The molecule has 6 heteroatoms. The summed E-state index contributed by atoms with van der Waals surface area (Å²) >= 11 is 1.70. The number of aromatic nitrogens is 3. The standard InChI is InChI=1S/C14H13N3O2S/c1-8-6-10(20-9(8)2)7-17-13-11(14(18)19)4-3-5-12(13)15-16-17/h3-6H,7H2,1-2H3,(H,18,19). The second kappa shape index (κ2) is 4.72. The van der Waals surface area contributed by atoms with Gasteiger partial charge in [-0.15, -0.1) is 16.4 Å². The third-order valence-corrected chi connectivity index (χ3v) is 4.42. The summed E-state index contributed by atoms with van der Waals surface area (Å²) in [6.07, 6.45) is 0. The van der Waals surface area contributed by atoms with Crippen LogP contribution in [0.15, 0.2) is 24.3 Å². The molecule has 0 atom stereocenters. The van der Waals surface area contributed by atoms with Crippen LogP contribution in [-0.2, 0) is 6.54 Å². The molecule has 0 radical (unpaired) electrons. The third-order valence-electron chi connectivity index (χ3n) is 3.29. The van der Waals surface area contributed by atoms with E-state index in [2.05, 4.69) is 30.2 Å². The second-order valence-corrected chi connectivity index (χ2v) is 6.02. The molecule has 1 aromatic carbocycles. The Bertz CT molecular complexity index is 784. The van der Waals surface area contributed by atoms with Gasteiger partial charge in [0, 0.05) is 9.75 Å². The van der Waals surface area contributed by atoms with Crippen LogP contribution in [0, 0.1) is 13.8 Å². The lowest BCUT2D eigenvalue weighted by atomic mass is 10.2. The fourth-order valence-corrected chi connectivity index (χ4v) is 3.22. The molecule has 0 saturated carbocycles. The SMILES string of the molecule is Cc1cc(Cn2nnc3cccc(C(=O)O)c32)sc1C. The maximum Gasteiger partial charge on any atom is 0.337 e. The van der Waals surface area contributed by atoms with Crippen LogP contribution in [0.25, 0.3) is 11.0 Å². The number of carbonyl (C=O) groups is 1. The van der Waals surface area contributed by atoms with Gasteiger partial charge in [0.05, 0.1) is 12.1 Å². The van der Waals surface area contributed by atoms with E-state index >= 15 is 0 Å². The Morgan fingerprint density at radius 1 is 1.40 bits per heavy atom. The van der Waals surface area contributed by atoms with Crippen LogP contribution in [0.1, 0.15) is 25.7 Å². The molecular formula is C14H13N3O2S. The Morgan fingerprint density at radius 3 is 2.85 bits per heavy atom. The van der Waals surface area contributed by atoms with E-state index in [-0.39, 0.29) is 5.56 Å². The minimum absolute atomic E-state index is 0.234. The van der Waals surface area contributed by atoms with Crippen molar-refractivity contribution in [3.8, 4) is 0 Å². The molecule has 3 aromatic rings. The van der Waals surface area contributed by atoms with Crippen LogP contribution >= 0.6 is 11.3 Å². The first-order valence-electron chi connectivity index (χ1n) is 6.17. The van der Waals surface area contributed by atoms with Crippen LogP contribution in [0.4, 0.5) is 0 Å². The number of carboxylic acid groups (broad SMARTS) is 1. The van der Waals surface area contributed by atoms with Crippen molar-refractivity contribution in [2.24, 2.45) is 0 Å². The molecule has 102 valence electrons. The molecule has 5 nitrogen and oxygen atoms in total. The van der Waals surface area contributed by atoms with Gasteiger partial charge >= 0.3 is 5.97 Å². The Kier molecular flexibility index (Phi) is 3.02. The van der Waals surface area contributed by atoms with Gasteiger partial charge in [0.15, 0.2) is 0 Å². The average molecular weight is 287 g/mol. The van der Waals surface area contributed by atoms with E-state index in [1.807, 2.05) is 0 Å². The first kappa shape index (κ1) is 12.8. The van der Waals surface area contributed by atoms with E-state index < -0.39 is 5.97 Å². The monoisotopic (exact) mass is 287 g/mol. The van der Waals surface area contributed by atoms with Gasteiger partial charge < -0.3 is 5.11 Å². The van der Waals surface area contributed by atoms with E-state index in [0.29, 0.717) is 17.6 Å². The number of benzene rings is 1. The molecule has 3 rings (SSSR count). The number of rotatable bonds is 3. The van der Waals surface area contributed by atoms with Crippen molar-refractivity contribution in [1.82, 2.24) is 15.0 Å². The molecule has 0 saturated heterocycles. The minimum Gasteiger partial charge on any atom is -0.478 e.